The van der Waals surface area contributed by atoms with Gasteiger partial charge in [-0.2, -0.15) is 8.42 Å². The van der Waals surface area contributed by atoms with Gasteiger partial charge in [0.15, 0.2) is 0 Å². The van der Waals surface area contributed by atoms with Gasteiger partial charge < -0.3 is 20.9 Å². The van der Waals surface area contributed by atoms with Crippen molar-refractivity contribution in [3.63, 3.8) is 0 Å². The van der Waals surface area contributed by atoms with E-state index in [9.17, 15) is 18.3 Å². The van der Waals surface area contributed by atoms with Crippen LogP contribution in [0, 0.1) is 0 Å². The Kier molecular flexibility index (Phi) is 8.08. The minimum atomic E-state index is -4.47. The van der Waals surface area contributed by atoms with Gasteiger partial charge in [-0.25, -0.2) is 4.18 Å². The van der Waals surface area contributed by atoms with Crippen molar-refractivity contribution in [1.29, 1.82) is 0 Å². The van der Waals surface area contributed by atoms with Gasteiger partial charge in [0.05, 0.1) is 13.0 Å². The molecular weight excluding hydrogens is 340 g/mol. The third-order valence-corrected chi connectivity index (χ3v) is 3.35. The highest BCUT2D eigenvalue weighted by Crippen LogP contribution is 2.12. The van der Waals surface area contributed by atoms with E-state index in [4.69, 9.17) is 15.0 Å². The number of ether oxygens (including phenoxy) is 1. The number of hydrogen-bond acceptors (Lipinski definition) is 7. The highest BCUT2D eigenvalue weighted by molar-refractivity contribution is 7.80. The van der Waals surface area contributed by atoms with E-state index in [1.807, 2.05) is 0 Å². The van der Waals surface area contributed by atoms with Gasteiger partial charge in [0.25, 0.3) is 0 Å². The second kappa shape index (κ2) is 9.55. The molecule has 2 unspecified atom stereocenters. The van der Waals surface area contributed by atoms with Gasteiger partial charge in [0, 0.05) is 12.6 Å². The smallest absolute Gasteiger partial charge is 0.397 e. The molecule has 0 aromatic heterocycles. The van der Waals surface area contributed by atoms with Crippen molar-refractivity contribution >= 4 is 16.3 Å². The van der Waals surface area contributed by atoms with Crippen molar-refractivity contribution in [2.45, 2.75) is 25.5 Å². The lowest BCUT2D eigenvalue weighted by Gasteiger charge is -2.17. The van der Waals surface area contributed by atoms with E-state index >= 15 is 0 Å². The van der Waals surface area contributed by atoms with E-state index in [2.05, 4.69) is 9.50 Å². The summed E-state index contributed by atoms with van der Waals surface area (Å²) in [5.74, 6) is 0.113. The molecule has 0 radical (unpaired) electrons. The molecule has 0 aliphatic rings. The summed E-state index contributed by atoms with van der Waals surface area (Å²) < 4.78 is 38.9. The van der Waals surface area contributed by atoms with Crippen LogP contribution in [0.15, 0.2) is 24.3 Å². The maximum atomic E-state index is 10.8. The topological polar surface area (TPSA) is 148 Å². The summed E-state index contributed by atoms with van der Waals surface area (Å²) in [7, 11) is -4.47. The fourth-order valence-corrected chi connectivity index (χ4v) is 2.12. The summed E-state index contributed by atoms with van der Waals surface area (Å²) >= 11 is 0. The lowest BCUT2D eigenvalue weighted by Crippen LogP contribution is -2.39. The molecule has 10 heteroatoms. The van der Waals surface area contributed by atoms with Crippen LogP contribution in [0.4, 0.5) is 0 Å². The van der Waals surface area contributed by atoms with E-state index < -0.39 is 28.5 Å². The number of rotatable bonds is 11. The number of aliphatic hydroxyl groups is 1. The molecule has 1 rings (SSSR count). The van der Waals surface area contributed by atoms with E-state index in [-0.39, 0.29) is 26.2 Å². The molecule has 24 heavy (non-hydrogen) atoms. The fourth-order valence-electron chi connectivity index (χ4n) is 1.74. The summed E-state index contributed by atoms with van der Waals surface area (Å²) in [6, 6.07) is 6.36. The molecule has 136 valence electrons. The van der Waals surface area contributed by atoms with Gasteiger partial charge in [-0.05, 0) is 24.6 Å². The Labute approximate surface area is 140 Å². The van der Waals surface area contributed by atoms with Crippen LogP contribution in [0.1, 0.15) is 12.5 Å². The molecule has 9 nitrogen and oxygen atoms in total. The second-order valence-electron chi connectivity index (χ2n) is 5.27. The number of nitrogens with two attached hydrogens (primary N) is 1. The molecule has 0 fully saturated rings. The molecular formula is C14H22N2O7S. The maximum absolute atomic E-state index is 10.8. The number of carbonyl (C=O) groups excluding carboxylic acids is 1. The predicted molar refractivity (Wildman–Crippen MR) is 85.8 cm³/mol. The Bertz CT molecular complexity index is 619. The Morgan fingerprint density at radius 2 is 1.92 bits per heavy atom. The third kappa shape index (κ3) is 9.43. The lowest BCUT2D eigenvalue weighted by atomic mass is 10.1. The minimum Gasteiger partial charge on any atom is -0.491 e. The highest BCUT2D eigenvalue weighted by atomic mass is 32.3. The number of aliphatic hydroxyl groups excluding tert-OH is 1. The van der Waals surface area contributed by atoms with E-state index in [0.29, 0.717) is 5.75 Å². The van der Waals surface area contributed by atoms with Crippen LogP contribution in [-0.4, -0.2) is 55.9 Å². The average Bonchev–Trinajstić information content (AvgIpc) is 2.49. The van der Waals surface area contributed by atoms with E-state index in [1.54, 1.807) is 31.2 Å². The van der Waals surface area contributed by atoms with Crippen molar-refractivity contribution in [2.75, 3.05) is 19.8 Å². The summed E-state index contributed by atoms with van der Waals surface area (Å²) in [5.41, 5.74) is 5.87. The van der Waals surface area contributed by atoms with Crippen molar-refractivity contribution in [2.24, 2.45) is 5.73 Å². The molecule has 0 saturated heterocycles. The van der Waals surface area contributed by atoms with Crippen LogP contribution in [0.3, 0.4) is 0 Å². The quantitative estimate of drug-likeness (QED) is 0.376. The number of hydrogen-bond donors (Lipinski definition) is 4. The highest BCUT2D eigenvalue weighted by Gasteiger charge is 2.11. The van der Waals surface area contributed by atoms with Crippen LogP contribution >= 0.6 is 0 Å². The van der Waals surface area contributed by atoms with Crippen molar-refractivity contribution in [1.82, 2.24) is 5.32 Å². The third-order valence-electron chi connectivity index (χ3n) is 2.91. The minimum absolute atomic E-state index is 0.0219. The number of benzene rings is 1. The van der Waals surface area contributed by atoms with Gasteiger partial charge >= 0.3 is 10.4 Å². The number of amides is 1. The van der Waals surface area contributed by atoms with Crippen LogP contribution in [-0.2, 0) is 25.8 Å². The summed E-state index contributed by atoms with van der Waals surface area (Å²) in [4.78, 5) is 10.8. The summed E-state index contributed by atoms with van der Waals surface area (Å²) in [6.07, 6.45) is -0.681. The molecule has 0 spiro atoms. The van der Waals surface area contributed by atoms with E-state index in [0.717, 1.165) is 5.56 Å². The first-order valence-corrected chi connectivity index (χ1v) is 8.55. The Morgan fingerprint density at radius 1 is 1.29 bits per heavy atom. The molecule has 0 heterocycles. The Morgan fingerprint density at radius 3 is 2.46 bits per heavy atom. The molecule has 0 bridgehead atoms. The second-order valence-corrected chi connectivity index (χ2v) is 6.36. The zero-order valence-electron chi connectivity index (χ0n) is 13.2. The zero-order chi connectivity index (χ0) is 18.2. The van der Waals surface area contributed by atoms with Crippen molar-refractivity contribution in [3.05, 3.63) is 29.8 Å². The number of primary amides is 1. The van der Waals surface area contributed by atoms with Gasteiger partial charge in [0.1, 0.15) is 18.5 Å². The maximum Gasteiger partial charge on any atom is 0.397 e. The first-order chi connectivity index (χ1) is 11.2. The van der Waals surface area contributed by atoms with Crippen LogP contribution in [0.2, 0.25) is 0 Å². The molecule has 5 N–H and O–H groups in total. The SMILES string of the molecule is CC(COS(=O)(=O)O)NCC(O)COc1ccc(CC(N)=O)cc1. The normalized spacial score (nSPS) is 14.1. The van der Waals surface area contributed by atoms with E-state index in [1.165, 1.54) is 0 Å². The Balaban J connectivity index is 2.28. The molecule has 1 aromatic carbocycles. The van der Waals surface area contributed by atoms with Gasteiger partial charge in [-0.3, -0.25) is 9.35 Å². The van der Waals surface area contributed by atoms with Gasteiger partial charge in [-0.15, -0.1) is 0 Å². The first kappa shape index (κ1) is 20.3. The largest absolute Gasteiger partial charge is 0.491 e. The fraction of sp³-hybridized carbons (Fsp3) is 0.500. The first-order valence-electron chi connectivity index (χ1n) is 7.19. The van der Waals surface area contributed by atoms with Crippen LogP contribution in [0.5, 0.6) is 5.75 Å². The lowest BCUT2D eigenvalue weighted by molar-refractivity contribution is -0.117. The van der Waals surface area contributed by atoms with Gasteiger partial charge in [-0.1, -0.05) is 12.1 Å². The summed E-state index contributed by atoms with van der Waals surface area (Å²) in [6.45, 7) is 1.55. The van der Waals surface area contributed by atoms with Crippen molar-refractivity contribution < 1.29 is 31.8 Å². The Hall–Kier alpha value is -1.72. The molecule has 0 saturated carbocycles. The molecule has 0 aliphatic heterocycles. The molecule has 2 atom stereocenters. The molecule has 0 aliphatic carbocycles. The summed E-state index contributed by atoms with van der Waals surface area (Å²) in [5, 5.41) is 12.6. The molecule has 1 amide bonds. The van der Waals surface area contributed by atoms with Gasteiger partial charge in [0.2, 0.25) is 5.91 Å². The van der Waals surface area contributed by atoms with Crippen LogP contribution in [0.25, 0.3) is 0 Å². The standard InChI is InChI=1S/C14H22N2O7S/c1-10(8-23-24(19,20)21)16-7-12(17)9-22-13-4-2-11(3-5-13)6-14(15)18/h2-5,10,12,16-17H,6-9H2,1H3,(H2,15,18)(H,19,20,21). The monoisotopic (exact) mass is 362 g/mol. The average molecular weight is 362 g/mol. The van der Waals surface area contributed by atoms with Crippen LogP contribution < -0.4 is 15.8 Å². The number of nitrogens with one attached hydrogen (secondary N) is 1. The van der Waals surface area contributed by atoms with Crippen molar-refractivity contribution in [3.8, 4) is 5.75 Å². The predicted octanol–water partition coefficient (Wildman–Crippen LogP) is -0.748. The number of carbonyl (C=O) groups is 1. The molecule has 1 aromatic rings. The zero-order valence-corrected chi connectivity index (χ0v) is 14.0.